The van der Waals surface area contributed by atoms with Crippen molar-refractivity contribution in [2.45, 2.75) is 12.8 Å². The average molecular weight is 253 g/mol. The maximum atomic E-state index is 5.51. The van der Waals surface area contributed by atoms with E-state index in [0.29, 0.717) is 30.9 Å². The third-order valence-electron chi connectivity index (χ3n) is 2.68. The molecule has 100 valence electrons. The quantitative estimate of drug-likeness (QED) is 0.705. The van der Waals surface area contributed by atoms with E-state index in [9.17, 15) is 0 Å². The third kappa shape index (κ3) is 4.03. The van der Waals surface area contributed by atoms with Gasteiger partial charge in [0.15, 0.2) is 0 Å². The molecule has 1 aromatic rings. The summed E-state index contributed by atoms with van der Waals surface area (Å²) in [5, 5.41) is 3.08. The van der Waals surface area contributed by atoms with Crippen molar-refractivity contribution < 1.29 is 14.2 Å². The number of nitrogens with one attached hydrogen (secondary N) is 1. The predicted molar refractivity (Wildman–Crippen MR) is 67.2 cm³/mol. The lowest BCUT2D eigenvalue weighted by Crippen LogP contribution is -2.13. The molecule has 0 radical (unpaired) electrons. The maximum absolute atomic E-state index is 5.51. The van der Waals surface area contributed by atoms with Gasteiger partial charge in [0.25, 0.3) is 0 Å². The number of hydrogen-bond acceptors (Lipinski definition) is 6. The zero-order valence-corrected chi connectivity index (χ0v) is 10.8. The van der Waals surface area contributed by atoms with Gasteiger partial charge in [-0.05, 0) is 18.8 Å². The first kappa shape index (κ1) is 12.9. The highest BCUT2D eigenvalue weighted by Crippen LogP contribution is 2.28. The van der Waals surface area contributed by atoms with Crippen molar-refractivity contribution in [1.82, 2.24) is 9.97 Å². The van der Waals surface area contributed by atoms with Gasteiger partial charge >= 0.3 is 0 Å². The summed E-state index contributed by atoms with van der Waals surface area (Å²) in [5.41, 5.74) is 0. The minimum absolute atomic E-state index is 0.475. The molecule has 0 aromatic carbocycles. The average Bonchev–Trinajstić information content (AvgIpc) is 3.22. The minimum atomic E-state index is 0.475. The summed E-state index contributed by atoms with van der Waals surface area (Å²) >= 11 is 0. The Morgan fingerprint density at radius 2 is 1.89 bits per heavy atom. The molecular formula is C12H19N3O3. The highest BCUT2D eigenvalue weighted by atomic mass is 16.5. The molecule has 0 aliphatic heterocycles. The van der Waals surface area contributed by atoms with Crippen LogP contribution in [0.5, 0.6) is 11.8 Å². The van der Waals surface area contributed by atoms with Gasteiger partial charge in [0.2, 0.25) is 17.7 Å². The van der Waals surface area contributed by atoms with Crippen molar-refractivity contribution in [2.24, 2.45) is 5.92 Å². The van der Waals surface area contributed by atoms with Gasteiger partial charge in [0, 0.05) is 13.2 Å². The monoisotopic (exact) mass is 253 g/mol. The molecule has 0 spiro atoms. The van der Waals surface area contributed by atoms with E-state index >= 15 is 0 Å². The summed E-state index contributed by atoms with van der Waals surface area (Å²) < 4.78 is 15.6. The normalized spacial score (nSPS) is 14.3. The van der Waals surface area contributed by atoms with Crippen molar-refractivity contribution in [3.63, 3.8) is 0 Å². The lowest BCUT2D eigenvalue weighted by Gasteiger charge is -2.08. The molecule has 1 heterocycles. The Morgan fingerprint density at radius 1 is 1.22 bits per heavy atom. The van der Waals surface area contributed by atoms with E-state index in [-0.39, 0.29) is 0 Å². The molecule has 0 unspecified atom stereocenters. The Hall–Kier alpha value is -1.56. The Bertz CT molecular complexity index is 361. The van der Waals surface area contributed by atoms with Gasteiger partial charge < -0.3 is 19.5 Å². The number of aromatic nitrogens is 2. The van der Waals surface area contributed by atoms with Gasteiger partial charge in [0.1, 0.15) is 0 Å². The Morgan fingerprint density at radius 3 is 2.44 bits per heavy atom. The van der Waals surface area contributed by atoms with E-state index in [1.807, 2.05) is 0 Å². The first-order valence-electron chi connectivity index (χ1n) is 6.10. The van der Waals surface area contributed by atoms with Crippen molar-refractivity contribution in [1.29, 1.82) is 0 Å². The van der Waals surface area contributed by atoms with Gasteiger partial charge in [-0.3, -0.25) is 0 Å². The number of nitrogens with zero attached hydrogens (tertiary/aromatic N) is 2. The minimum Gasteiger partial charge on any atom is -0.481 e. The van der Waals surface area contributed by atoms with E-state index < -0.39 is 0 Å². The molecule has 0 atom stereocenters. The van der Waals surface area contributed by atoms with Gasteiger partial charge in [-0.25, -0.2) is 0 Å². The highest BCUT2D eigenvalue weighted by Gasteiger charge is 2.20. The second-order valence-corrected chi connectivity index (χ2v) is 4.22. The van der Waals surface area contributed by atoms with Gasteiger partial charge in [-0.1, -0.05) is 0 Å². The number of anilines is 1. The predicted octanol–water partition coefficient (Wildman–Crippen LogP) is 1.33. The Kier molecular flexibility index (Phi) is 4.58. The van der Waals surface area contributed by atoms with Crippen LogP contribution in [-0.2, 0) is 4.74 Å². The Labute approximate surface area is 107 Å². The number of hydrogen-bond donors (Lipinski definition) is 1. The van der Waals surface area contributed by atoms with Crippen LogP contribution in [0.1, 0.15) is 12.8 Å². The molecule has 1 fully saturated rings. The lowest BCUT2D eigenvalue weighted by atomic mass is 10.5. The first-order valence-corrected chi connectivity index (χ1v) is 6.10. The second-order valence-electron chi connectivity index (χ2n) is 4.22. The van der Waals surface area contributed by atoms with Crippen LogP contribution < -0.4 is 14.8 Å². The van der Waals surface area contributed by atoms with E-state index in [0.717, 1.165) is 12.5 Å². The number of ether oxygens (including phenoxy) is 3. The molecule has 1 N–H and O–H groups in total. The summed E-state index contributed by atoms with van der Waals surface area (Å²) in [6, 6.07) is 1.63. The Balaban J connectivity index is 1.75. The molecule has 0 bridgehead atoms. The van der Waals surface area contributed by atoms with Gasteiger partial charge in [-0.15, -0.1) is 0 Å². The fraction of sp³-hybridized carbons (Fsp3) is 0.667. The zero-order valence-electron chi connectivity index (χ0n) is 10.8. The van der Waals surface area contributed by atoms with Crippen LogP contribution in [-0.4, -0.2) is 43.9 Å². The molecule has 1 aliphatic rings. The molecule has 6 heteroatoms. The van der Waals surface area contributed by atoms with Crippen LogP contribution in [0.2, 0.25) is 0 Å². The summed E-state index contributed by atoms with van der Waals surface area (Å²) in [5.74, 6) is 2.23. The van der Waals surface area contributed by atoms with Crippen LogP contribution in [0.3, 0.4) is 0 Å². The molecule has 1 saturated carbocycles. The van der Waals surface area contributed by atoms with Crippen LogP contribution in [0.15, 0.2) is 6.07 Å². The molecule has 2 rings (SSSR count). The van der Waals surface area contributed by atoms with Gasteiger partial charge in [0.05, 0.1) is 26.9 Å². The smallest absolute Gasteiger partial charge is 0.229 e. The molecule has 0 amide bonds. The zero-order chi connectivity index (χ0) is 12.8. The molecule has 6 nitrogen and oxygen atoms in total. The summed E-state index contributed by atoms with van der Waals surface area (Å²) in [4.78, 5) is 8.33. The molecular weight excluding hydrogens is 234 g/mol. The number of rotatable bonds is 8. The first-order chi connectivity index (χ1) is 8.81. The van der Waals surface area contributed by atoms with E-state index in [4.69, 9.17) is 14.2 Å². The summed E-state index contributed by atoms with van der Waals surface area (Å²) in [7, 11) is 3.12. The van der Waals surface area contributed by atoms with E-state index in [1.165, 1.54) is 12.8 Å². The fourth-order valence-electron chi connectivity index (χ4n) is 1.46. The molecule has 1 aromatic heterocycles. The van der Waals surface area contributed by atoms with Crippen LogP contribution in [0, 0.1) is 5.92 Å². The topological polar surface area (TPSA) is 65.5 Å². The van der Waals surface area contributed by atoms with Crippen molar-refractivity contribution in [3.8, 4) is 11.8 Å². The molecule has 1 aliphatic carbocycles. The van der Waals surface area contributed by atoms with Crippen molar-refractivity contribution in [2.75, 3.05) is 39.3 Å². The van der Waals surface area contributed by atoms with Crippen molar-refractivity contribution in [3.05, 3.63) is 6.07 Å². The summed E-state index contributed by atoms with van der Waals surface area (Å²) in [6.07, 6.45) is 2.62. The second kappa shape index (κ2) is 6.39. The molecule has 18 heavy (non-hydrogen) atoms. The molecule has 0 saturated heterocycles. The summed E-state index contributed by atoms with van der Waals surface area (Å²) in [6.45, 7) is 2.19. The van der Waals surface area contributed by atoms with Crippen LogP contribution >= 0.6 is 0 Å². The van der Waals surface area contributed by atoms with Crippen molar-refractivity contribution >= 4 is 5.95 Å². The number of methoxy groups -OCH3 is 2. The van der Waals surface area contributed by atoms with E-state index in [2.05, 4.69) is 15.3 Å². The van der Waals surface area contributed by atoms with E-state index in [1.54, 1.807) is 20.3 Å². The maximum Gasteiger partial charge on any atom is 0.229 e. The van der Waals surface area contributed by atoms with Crippen LogP contribution in [0.25, 0.3) is 0 Å². The van der Waals surface area contributed by atoms with Crippen LogP contribution in [0.4, 0.5) is 5.95 Å². The fourth-order valence-corrected chi connectivity index (χ4v) is 1.46. The SMILES string of the molecule is COc1cc(OC)nc(NCCOCC2CC2)n1. The standard InChI is InChI=1S/C12H19N3O3/c1-16-10-7-11(17-2)15-12(14-10)13-5-6-18-8-9-3-4-9/h7,9H,3-6,8H2,1-2H3,(H,13,14,15). The largest absolute Gasteiger partial charge is 0.481 e. The third-order valence-corrected chi connectivity index (χ3v) is 2.68. The highest BCUT2D eigenvalue weighted by molar-refractivity contribution is 5.33. The van der Waals surface area contributed by atoms with Gasteiger partial charge in [-0.2, -0.15) is 9.97 Å². The lowest BCUT2D eigenvalue weighted by molar-refractivity contribution is 0.133.